The lowest BCUT2D eigenvalue weighted by atomic mass is 10.1. The van der Waals surface area contributed by atoms with Gasteiger partial charge < -0.3 is 0 Å². The molecule has 0 aliphatic rings. The van der Waals surface area contributed by atoms with Gasteiger partial charge in [-0.3, -0.25) is 9.69 Å². The summed E-state index contributed by atoms with van der Waals surface area (Å²) >= 11 is 0. The Balaban J connectivity index is 2.66. The van der Waals surface area contributed by atoms with E-state index in [9.17, 15) is 4.79 Å². The minimum Gasteiger partial charge on any atom is -0.298 e. The normalized spacial score (nSPS) is 12.8. The largest absolute Gasteiger partial charge is 0.298 e. The highest BCUT2D eigenvalue weighted by molar-refractivity contribution is 5.80. The molecule has 0 aliphatic carbocycles. The Morgan fingerprint density at radius 1 is 1.33 bits per heavy atom. The SMILES string of the molecule is CCN(Cc1ccccc1)C(C)C(C)=O. The molecular weight excluding hydrogens is 186 g/mol. The van der Waals surface area contributed by atoms with E-state index in [0.717, 1.165) is 13.1 Å². The second kappa shape index (κ2) is 5.66. The third kappa shape index (κ3) is 3.48. The Bertz CT molecular complexity index is 308. The van der Waals surface area contributed by atoms with Crippen LogP contribution in [-0.2, 0) is 11.3 Å². The fourth-order valence-electron chi connectivity index (χ4n) is 1.60. The predicted octanol–water partition coefficient (Wildman–Crippen LogP) is 2.49. The van der Waals surface area contributed by atoms with E-state index in [1.54, 1.807) is 6.92 Å². The van der Waals surface area contributed by atoms with E-state index in [-0.39, 0.29) is 11.8 Å². The molecule has 82 valence electrons. The minimum atomic E-state index is 0.00945. The molecule has 1 rings (SSSR count). The highest BCUT2D eigenvalue weighted by Crippen LogP contribution is 2.08. The van der Waals surface area contributed by atoms with Crippen molar-refractivity contribution in [2.75, 3.05) is 6.54 Å². The molecule has 0 bridgehead atoms. The quantitative estimate of drug-likeness (QED) is 0.736. The van der Waals surface area contributed by atoms with E-state index in [1.165, 1.54) is 5.56 Å². The van der Waals surface area contributed by atoms with Crippen LogP contribution in [0.3, 0.4) is 0 Å². The van der Waals surface area contributed by atoms with Crippen molar-refractivity contribution in [3.63, 3.8) is 0 Å². The topological polar surface area (TPSA) is 20.3 Å². The van der Waals surface area contributed by atoms with Crippen molar-refractivity contribution in [3.8, 4) is 0 Å². The minimum absolute atomic E-state index is 0.00945. The lowest BCUT2D eigenvalue weighted by Crippen LogP contribution is -2.37. The number of benzene rings is 1. The monoisotopic (exact) mass is 205 g/mol. The van der Waals surface area contributed by atoms with E-state index < -0.39 is 0 Å². The summed E-state index contributed by atoms with van der Waals surface area (Å²) in [7, 11) is 0. The Morgan fingerprint density at radius 3 is 2.40 bits per heavy atom. The molecule has 0 saturated heterocycles. The van der Waals surface area contributed by atoms with Gasteiger partial charge in [-0.05, 0) is 26.0 Å². The summed E-state index contributed by atoms with van der Waals surface area (Å²) in [5.41, 5.74) is 1.26. The lowest BCUT2D eigenvalue weighted by Gasteiger charge is -2.25. The first-order valence-corrected chi connectivity index (χ1v) is 5.43. The van der Waals surface area contributed by atoms with E-state index >= 15 is 0 Å². The number of ketones is 1. The Kier molecular flexibility index (Phi) is 4.50. The van der Waals surface area contributed by atoms with Gasteiger partial charge in [-0.2, -0.15) is 0 Å². The van der Waals surface area contributed by atoms with Gasteiger partial charge >= 0.3 is 0 Å². The Labute approximate surface area is 91.9 Å². The third-order valence-electron chi connectivity index (χ3n) is 2.77. The van der Waals surface area contributed by atoms with Crippen molar-refractivity contribution >= 4 is 5.78 Å². The van der Waals surface area contributed by atoms with Crippen LogP contribution in [0.15, 0.2) is 30.3 Å². The standard InChI is InChI=1S/C13H19NO/c1-4-14(11(2)12(3)15)10-13-8-6-5-7-9-13/h5-9,11H,4,10H2,1-3H3. The second-order valence-corrected chi connectivity index (χ2v) is 3.84. The van der Waals surface area contributed by atoms with E-state index in [2.05, 4.69) is 24.0 Å². The highest BCUT2D eigenvalue weighted by atomic mass is 16.1. The number of carbonyl (C=O) groups is 1. The third-order valence-corrected chi connectivity index (χ3v) is 2.77. The van der Waals surface area contributed by atoms with Gasteiger partial charge in [0, 0.05) is 6.54 Å². The summed E-state index contributed by atoms with van der Waals surface area (Å²) in [6, 6.07) is 10.3. The predicted molar refractivity (Wildman–Crippen MR) is 62.7 cm³/mol. The average molecular weight is 205 g/mol. The van der Waals surface area contributed by atoms with Gasteiger partial charge in [-0.15, -0.1) is 0 Å². The van der Waals surface area contributed by atoms with Crippen molar-refractivity contribution in [3.05, 3.63) is 35.9 Å². The molecule has 0 amide bonds. The van der Waals surface area contributed by atoms with Crippen LogP contribution < -0.4 is 0 Å². The lowest BCUT2D eigenvalue weighted by molar-refractivity contribution is -0.121. The van der Waals surface area contributed by atoms with Crippen LogP contribution in [0.25, 0.3) is 0 Å². The molecule has 1 atom stereocenters. The van der Waals surface area contributed by atoms with Crippen LogP contribution in [0, 0.1) is 0 Å². The van der Waals surface area contributed by atoms with Crippen LogP contribution in [0.1, 0.15) is 26.3 Å². The molecule has 0 fully saturated rings. The molecule has 1 unspecified atom stereocenters. The van der Waals surface area contributed by atoms with Gasteiger partial charge in [-0.25, -0.2) is 0 Å². The zero-order valence-corrected chi connectivity index (χ0v) is 9.73. The molecule has 2 heteroatoms. The first-order chi connectivity index (χ1) is 7.15. The summed E-state index contributed by atoms with van der Waals surface area (Å²) in [5, 5.41) is 0. The molecule has 0 N–H and O–H groups in total. The number of carbonyl (C=O) groups excluding carboxylic acids is 1. The smallest absolute Gasteiger partial charge is 0.146 e. The van der Waals surface area contributed by atoms with Crippen LogP contribution >= 0.6 is 0 Å². The van der Waals surface area contributed by atoms with Crippen LogP contribution in [0.4, 0.5) is 0 Å². The van der Waals surface area contributed by atoms with Gasteiger partial charge in [0.25, 0.3) is 0 Å². The Hall–Kier alpha value is -1.15. The average Bonchev–Trinajstić information content (AvgIpc) is 2.26. The number of likely N-dealkylation sites (N-methyl/N-ethyl adjacent to an activating group) is 1. The maximum atomic E-state index is 11.3. The molecule has 1 aromatic carbocycles. The number of Topliss-reactive ketones (excluding diaryl/α,β-unsaturated/α-hetero) is 1. The van der Waals surface area contributed by atoms with Crippen molar-refractivity contribution in [2.24, 2.45) is 0 Å². The zero-order valence-electron chi connectivity index (χ0n) is 9.73. The number of hydrogen-bond donors (Lipinski definition) is 0. The fraction of sp³-hybridized carbons (Fsp3) is 0.462. The fourth-order valence-corrected chi connectivity index (χ4v) is 1.60. The van der Waals surface area contributed by atoms with Gasteiger partial charge in [0.15, 0.2) is 0 Å². The summed E-state index contributed by atoms with van der Waals surface area (Å²) in [5.74, 6) is 0.229. The number of hydrogen-bond acceptors (Lipinski definition) is 2. The van der Waals surface area contributed by atoms with Gasteiger partial charge in [0.1, 0.15) is 5.78 Å². The summed E-state index contributed by atoms with van der Waals surface area (Å²) in [6.07, 6.45) is 0. The second-order valence-electron chi connectivity index (χ2n) is 3.84. The van der Waals surface area contributed by atoms with Crippen molar-refractivity contribution in [1.29, 1.82) is 0 Å². The molecule has 15 heavy (non-hydrogen) atoms. The molecule has 0 aliphatic heterocycles. The van der Waals surface area contributed by atoms with E-state index in [1.807, 2.05) is 25.1 Å². The first kappa shape index (κ1) is 11.9. The van der Waals surface area contributed by atoms with Crippen LogP contribution in [0.2, 0.25) is 0 Å². The van der Waals surface area contributed by atoms with Gasteiger partial charge in [-0.1, -0.05) is 37.3 Å². The van der Waals surface area contributed by atoms with Crippen molar-refractivity contribution < 1.29 is 4.79 Å². The van der Waals surface area contributed by atoms with Gasteiger partial charge in [0.05, 0.1) is 6.04 Å². The molecule has 0 aromatic heterocycles. The molecule has 0 radical (unpaired) electrons. The molecule has 0 saturated carbocycles. The Morgan fingerprint density at radius 2 is 1.93 bits per heavy atom. The molecule has 0 heterocycles. The zero-order chi connectivity index (χ0) is 11.3. The molecule has 1 aromatic rings. The van der Waals surface area contributed by atoms with Crippen molar-refractivity contribution in [1.82, 2.24) is 4.90 Å². The highest BCUT2D eigenvalue weighted by Gasteiger charge is 2.15. The summed E-state index contributed by atoms with van der Waals surface area (Å²) in [4.78, 5) is 13.5. The molecular formula is C13H19NO. The van der Waals surface area contributed by atoms with Crippen LogP contribution in [0.5, 0.6) is 0 Å². The number of rotatable bonds is 5. The van der Waals surface area contributed by atoms with E-state index in [0.29, 0.717) is 0 Å². The number of nitrogens with zero attached hydrogens (tertiary/aromatic N) is 1. The van der Waals surface area contributed by atoms with Crippen LogP contribution in [-0.4, -0.2) is 23.3 Å². The maximum Gasteiger partial charge on any atom is 0.146 e. The van der Waals surface area contributed by atoms with Crippen molar-refractivity contribution in [2.45, 2.75) is 33.4 Å². The van der Waals surface area contributed by atoms with Gasteiger partial charge in [0.2, 0.25) is 0 Å². The first-order valence-electron chi connectivity index (χ1n) is 5.43. The summed E-state index contributed by atoms with van der Waals surface area (Å²) in [6.45, 7) is 7.45. The molecule has 2 nitrogen and oxygen atoms in total. The molecule has 0 spiro atoms. The van der Waals surface area contributed by atoms with E-state index in [4.69, 9.17) is 0 Å². The maximum absolute atomic E-state index is 11.3. The summed E-state index contributed by atoms with van der Waals surface area (Å²) < 4.78 is 0.